The fourth-order valence-corrected chi connectivity index (χ4v) is 1.33. The summed E-state index contributed by atoms with van der Waals surface area (Å²) in [5.41, 5.74) is 0.588. The number of nitrogens with zero attached hydrogens (tertiary/aromatic N) is 2. The lowest BCUT2D eigenvalue weighted by Gasteiger charge is -1.96. The Kier molecular flexibility index (Phi) is 3.87. The molecule has 1 amide bonds. The predicted octanol–water partition coefficient (Wildman–Crippen LogP) is 1.60. The first-order valence-electron chi connectivity index (χ1n) is 5.38. The van der Waals surface area contributed by atoms with E-state index in [0.29, 0.717) is 5.56 Å². The van der Waals surface area contributed by atoms with Gasteiger partial charge in [0.15, 0.2) is 0 Å². The summed E-state index contributed by atoms with van der Waals surface area (Å²) in [5.74, 6) is -0.601. The van der Waals surface area contributed by atoms with Gasteiger partial charge in [0, 0.05) is 6.08 Å². The van der Waals surface area contributed by atoms with Gasteiger partial charge < -0.3 is 4.74 Å². The number of benzene rings is 1. The van der Waals surface area contributed by atoms with Gasteiger partial charge in [-0.25, -0.2) is 9.49 Å². The maximum absolute atomic E-state index is 12.9. The predicted molar refractivity (Wildman–Crippen MR) is 67.0 cm³/mol. The summed E-state index contributed by atoms with van der Waals surface area (Å²) in [5, 5.41) is 8.61. The topological polar surface area (TPSA) is 79.9 Å². The SMILES string of the molecule is COc1n[nH]c(NC(=O)/C=C/c2cccc(F)c2)n1. The van der Waals surface area contributed by atoms with Gasteiger partial charge in [0.2, 0.25) is 5.95 Å². The van der Waals surface area contributed by atoms with Gasteiger partial charge in [0.25, 0.3) is 5.91 Å². The van der Waals surface area contributed by atoms with Crippen LogP contribution in [-0.4, -0.2) is 28.2 Å². The number of anilines is 1. The molecule has 2 aromatic rings. The van der Waals surface area contributed by atoms with Crippen LogP contribution in [0.4, 0.5) is 10.3 Å². The second-order valence-electron chi connectivity index (χ2n) is 3.55. The molecule has 1 aromatic carbocycles. The van der Waals surface area contributed by atoms with Crippen molar-refractivity contribution in [3.63, 3.8) is 0 Å². The van der Waals surface area contributed by atoms with Crippen molar-refractivity contribution >= 4 is 17.9 Å². The highest BCUT2D eigenvalue weighted by molar-refractivity contribution is 6.00. The van der Waals surface area contributed by atoms with Crippen molar-refractivity contribution in [1.82, 2.24) is 15.2 Å². The van der Waals surface area contributed by atoms with Crippen molar-refractivity contribution in [2.45, 2.75) is 0 Å². The number of hydrogen-bond donors (Lipinski definition) is 2. The molecule has 1 heterocycles. The highest BCUT2D eigenvalue weighted by atomic mass is 19.1. The molecule has 0 saturated heterocycles. The van der Waals surface area contributed by atoms with E-state index >= 15 is 0 Å². The summed E-state index contributed by atoms with van der Waals surface area (Å²) < 4.78 is 17.7. The van der Waals surface area contributed by atoms with Crippen LogP contribution < -0.4 is 10.1 Å². The third-order valence-electron chi connectivity index (χ3n) is 2.16. The maximum atomic E-state index is 12.9. The maximum Gasteiger partial charge on any atom is 0.336 e. The summed E-state index contributed by atoms with van der Waals surface area (Å²) >= 11 is 0. The largest absolute Gasteiger partial charge is 0.466 e. The van der Waals surface area contributed by atoms with Gasteiger partial charge in [-0.1, -0.05) is 12.1 Å². The second kappa shape index (κ2) is 5.76. The number of halogens is 1. The summed E-state index contributed by atoms with van der Waals surface area (Å²) in [6.45, 7) is 0. The lowest BCUT2D eigenvalue weighted by Crippen LogP contribution is -2.09. The van der Waals surface area contributed by atoms with Gasteiger partial charge in [-0.2, -0.15) is 4.98 Å². The van der Waals surface area contributed by atoms with Gasteiger partial charge in [0.05, 0.1) is 7.11 Å². The smallest absolute Gasteiger partial charge is 0.336 e. The molecule has 0 fully saturated rings. The number of aromatic amines is 1. The van der Waals surface area contributed by atoms with Crippen LogP contribution in [-0.2, 0) is 4.79 Å². The Morgan fingerprint density at radius 2 is 2.37 bits per heavy atom. The monoisotopic (exact) mass is 262 g/mol. The standard InChI is InChI=1S/C12H11FN4O2/c1-19-12-15-11(16-17-12)14-10(18)6-5-8-3-2-4-9(13)7-8/h2-7H,1H3,(H2,14,15,16,17,18)/b6-5+. The Balaban J connectivity index is 1.97. The van der Waals surface area contributed by atoms with Crippen LogP contribution in [0.25, 0.3) is 6.08 Å². The average Bonchev–Trinajstić information content (AvgIpc) is 2.84. The van der Waals surface area contributed by atoms with E-state index < -0.39 is 5.91 Å². The minimum Gasteiger partial charge on any atom is -0.466 e. The first-order valence-corrected chi connectivity index (χ1v) is 5.38. The number of amides is 1. The highest BCUT2D eigenvalue weighted by Crippen LogP contribution is 2.07. The molecule has 0 atom stereocenters. The molecule has 0 aliphatic rings. The number of methoxy groups -OCH3 is 1. The number of nitrogens with one attached hydrogen (secondary N) is 2. The highest BCUT2D eigenvalue weighted by Gasteiger charge is 2.04. The Morgan fingerprint density at radius 1 is 1.53 bits per heavy atom. The Bertz CT molecular complexity index is 609. The number of aromatic nitrogens is 3. The quantitative estimate of drug-likeness (QED) is 0.820. The normalized spacial score (nSPS) is 10.6. The minimum atomic E-state index is -0.414. The van der Waals surface area contributed by atoms with E-state index in [0.717, 1.165) is 0 Å². The lowest BCUT2D eigenvalue weighted by atomic mass is 10.2. The zero-order chi connectivity index (χ0) is 13.7. The van der Waals surface area contributed by atoms with Crippen LogP contribution in [0.5, 0.6) is 6.01 Å². The van der Waals surface area contributed by atoms with E-state index in [9.17, 15) is 9.18 Å². The van der Waals surface area contributed by atoms with Gasteiger partial charge in [0.1, 0.15) is 5.82 Å². The van der Waals surface area contributed by atoms with E-state index in [1.54, 1.807) is 12.1 Å². The first-order chi connectivity index (χ1) is 9.17. The van der Waals surface area contributed by atoms with Gasteiger partial charge in [-0.05, 0) is 23.8 Å². The molecular formula is C12H11FN4O2. The van der Waals surface area contributed by atoms with Crippen molar-refractivity contribution in [2.24, 2.45) is 0 Å². The third kappa shape index (κ3) is 3.63. The molecule has 0 radical (unpaired) electrons. The van der Waals surface area contributed by atoms with E-state index in [4.69, 9.17) is 4.74 Å². The molecule has 0 aliphatic carbocycles. The molecule has 0 spiro atoms. The van der Waals surface area contributed by atoms with Crippen LogP contribution in [0.15, 0.2) is 30.3 Å². The molecular weight excluding hydrogens is 251 g/mol. The Hall–Kier alpha value is -2.70. The third-order valence-corrected chi connectivity index (χ3v) is 2.16. The van der Waals surface area contributed by atoms with E-state index in [-0.39, 0.29) is 17.8 Å². The minimum absolute atomic E-state index is 0.129. The molecule has 0 saturated carbocycles. The number of carbonyl (C=O) groups excluding carboxylic acids is 1. The summed E-state index contributed by atoms with van der Waals surface area (Å²) in [4.78, 5) is 15.4. The average molecular weight is 262 g/mol. The second-order valence-corrected chi connectivity index (χ2v) is 3.55. The molecule has 98 valence electrons. The van der Waals surface area contributed by atoms with Gasteiger partial charge >= 0.3 is 6.01 Å². The molecule has 6 nitrogen and oxygen atoms in total. The van der Waals surface area contributed by atoms with E-state index in [1.165, 1.54) is 31.4 Å². The van der Waals surface area contributed by atoms with Gasteiger partial charge in [-0.15, -0.1) is 5.10 Å². The molecule has 0 bridgehead atoms. The molecule has 2 N–H and O–H groups in total. The van der Waals surface area contributed by atoms with Crippen molar-refractivity contribution in [2.75, 3.05) is 12.4 Å². The fraction of sp³-hybridized carbons (Fsp3) is 0.0833. The molecule has 7 heteroatoms. The first kappa shape index (κ1) is 12.7. The number of H-pyrrole nitrogens is 1. The molecule has 19 heavy (non-hydrogen) atoms. The number of rotatable bonds is 4. The van der Waals surface area contributed by atoms with Crippen molar-refractivity contribution in [1.29, 1.82) is 0 Å². The summed E-state index contributed by atoms with van der Waals surface area (Å²) in [6.07, 6.45) is 2.76. The lowest BCUT2D eigenvalue weighted by molar-refractivity contribution is -0.111. The van der Waals surface area contributed by atoms with E-state index in [1.807, 2.05) is 0 Å². The summed E-state index contributed by atoms with van der Waals surface area (Å²) in [7, 11) is 1.42. The zero-order valence-corrected chi connectivity index (χ0v) is 10.1. The number of hydrogen-bond acceptors (Lipinski definition) is 4. The van der Waals surface area contributed by atoms with Crippen molar-refractivity contribution < 1.29 is 13.9 Å². The number of ether oxygens (including phenoxy) is 1. The molecule has 0 aliphatic heterocycles. The summed E-state index contributed by atoms with van der Waals surface area (Å²) in [6, 6.07) is 6.03. The molecule has 0 unspecified atom stereocenters. The van der Waals surface area contributed by atoms with E-state index in [2.05, 4.69) is 20.5 Å². The van der Waals surface area contributed by atoms with Crippen LogP contribution in [0, 0.1) is 5.82 Å². The van der Waals surface area contributed by atoms with Crippen molar-refractivity contribution in [3.05, 3.63) is 41.7 Å². The van der Waals surface area contributed by atoms with Crippen LogP contribution in [0.2, 0.25) is 0 Å². The van der Waals surface area contributed by atoms with Gasteiger partial charge in [-0.3, -0.25) is 10.1 Å². The number of carbonyl (C=O) groups is 1. The zero-order valence-electron chi connectivity index (χ0n) is 10.1. The Morgan fingerprint density at radius 3 is 3.05 bits per heavy atom. The van der Waals surface area contributed by atoms with Crippen LogP contribution in [0.1, 0.15) is 5.56 Å². The van der Waals surface area contributed by atoms with Crippen molar-refractivity contribution in [3.8, 4) is 6.01 Å². The Labute approximate surface area is 108 Å². The molecule has 1 aromatic heterocycles. The van der Waals surface area contributed by atoms with Crippen LogP contribution >= 0.6 is 0 Å². The molecule has 2 rings (SSSR count). The fourth-order valence-electron chi connectivity index (χ4n) is 1.33. The van der Waals surface area contributed by atoms with Crippen LogP contribution in [0.3, 0.4) is 0 Å².